The highest BCUT2D eigenvalue weighted by molar-refractivity contribution is 7.24. The summed E-state index contributed by atoms with van der Waals surface area (Å²) in [6, 6.07) is 8.93. The van der Waals surface area contributed by atoms with Crippen LogP contribution in [0, 0.1) is 5.92 Å². The quantitative estimate of drug-likeness (QED) is 0.561. The van der Waals surface area contributed by atoms with Crippen LogP contribution in [0.4, 0.5) is 0 Å². The van der Waals surface area contributed by atoms with Gasteiger partial charge in [0.05, 0.1) is 5.92 Å². The maximum Gasteiger partial charge on any atom is 0.312 e. The number of aliphatic hydroxyl groups is 1. The number of carbonyl (C=O) groups is 2. The molecule has 7 heteroatoms. The van der Waals surface area contributed by atoms with Crippen LogP contribution in [-0.2, 0) is 25.5 Å². The average Bonchev–Trinajstić information content (AvgIpc) is 2.45. The molecule has 6 nitrogen and oxygen atoms in total. The summed E-state index contributed by atoms with van der Waals surface area (Å²) >= 11 is 0. The number of carbonyl (C=O) groups excluding carboxylic acids is 1. The average molecular weight is 298 g/mol. The van der Waals surface area contributed by atoms with Crippen LogP contribution in [0.2, 0.25) is 0 Å². The van der Waals surface area contributed by atoms with Crippen molar-refractivity contribution < 1.29 is 29.1 Å². The zero-order valence-electron chi connectivity index (χ0n) is 10.6. The number of carboxylic acids is 1. The van der Waals surface area contributed by atoms with Gasteiger partial charge in [0, 0.05) is 6.42 Å². The Hall–Kier alpha value is -1.78. The van der Waals surface area contributed by atoms with Crippen molar-refractivity contribution in [1.82, 2.24) is 0 Å². The molecule has 0 aromatic heterocycles. The molecular formula is C13H15O6P. The fourth-order valence-corrected chi connectivity index (χ4v) is 1.99. The smallest absolute Gasteiger partial charge is 0.312 e. The Labute approximate surface area is 117 Å². The van der Waals surface area contributed by atoms with Gasteiger partial charge in [0.15, 0.2) is 8.46 Å². The number of rotatable bonds is 8. The molecule has 0 aliphatic carbocycles. The number of hydrogen-bond acceptors (Lipinski definition) is 5. The molecule has 20 heavy (non-hydrogen) atoms. The monoisotopic (exact) mass is 298 g/mol. The first-order chi connectivity index (χ1) is 9.54. The van der Waals surface area contributed by atoms with Gasteiger partial charge in [-0.15, -0.1) is 0 Å². The Kier molecular flexibility index (Phi) is 6.84. The van der Waals surface area contributed by atoms with Gasteiger partial charge in [-0.25, -0.2) is 0 Å². The van der Waals surface area contributed by atoms with Crippen molar-refractivity contribution >= 4 is 20.4 Å². The summed E-state index contributed by atoms with van der Waals surface area (Å²) in [6.45, 7) is 0.0196. The van der Waals surface area contributed by atoms with Crippen molar-refractivity contribution in [3.8, 4) is 0 Å². The molecule has 108 valence electrons. The molecule has 0 saturated heterocycles. The van der Waals surface area contributed by atoms with E-state index in [1.165, 1.54) is 0 Å². The van der Waals surface area contributed by atoms with Crippen LogP contribution in [-0.4, -0.2) is 28.0 Å². The second-order valence-electron chi connectivity index (χ2n) is 4.15. The summed E-state index contributed by atoms with van der Waals surface area (Å²) in [5.41, 5.74) is 0.770. The van der Waals surface area contributed by atoms with Gasteiger partial charge in [-0.05, 0) is 12.0 Å². The minimum Gasteiger partial charge on any atom is -0.481 e. The second-order valence-corrected chi connectivity index (χ2v) is 4.89. The summed E-state index contributed by atoms with van der Waals surface area (Å²) in [4.78, 5) is 22.3. The van der Waals surface area contributed by atoms with Crippen LogP contribution in [0.3, 0.4) is 0 Å². The van der Waals surface area contributed by atoms with Crippen molar-refractivity contribution in [1.29, 1.82) is 0 Å². The normalized spacial score (nSPS) is 13.7. The molecule has 0 radical (unpaired) electrons. The van der Waals surface area contributed by atoms with Crippen molar-refractivity contribution in [2.24, 2.45) is 5.92 Å². The molecule has 2 N–H and O–H groups in total. The van der Waals surface area contributed by atoms with Crippen molar-refractivity contribution in [3.05, 3.63) is 35.9 Å². The van der Waals surface area contributed by atoms with Crippen LogP contribution in [0.5, 0.6) is 0 Å². The molecule has 0 aliphatic heterocycles. The van der Waals surface area contributed by atoms with E-state index >= 15 is 0 Å². The summed E-state index contributed by atoms with van der Waals surface area (Å²) < 4.78 is 15.7. The van der Waals surface area contributed by atoms with Crippen LogP contribution in [0.25, 0.3) is 0 Å². The predicted molar refractivity (Wildman–Crippen MR) is 70.2 cm³/mol. The van der Waals surface area contributed by atoms with Gasteiger partial charge in [0.25, 0.3) is 0 Å². The lowest BCUT2D eigenvalue weighted by Gasteiger charge is -2.16. The van der Waals surface area contributed by atoms with Gasteiger partial charge in [-0.2, -0.15) is 0 Å². The molecule has 0 fully saturated rings. The fraction of sp³-hybridized carbons (Fsp3) is 0.385. The lowest BCUT2D eigenvalue weighted by Crippen LogP contribution is -2.27. The summed E-state index contributed by atoms with van der Waals surface area (Å²) in [5.74, 6) is -4.43. The van der Waals surface area contributed by atoms with Crippen LogP contribution in [0.1, 0.15) is 18.4 Å². The van der Waals surface area contributed by atoms with E-state index in [9.17, 15) is 19.3 Å². The minimum atomic E-state index is -1.46. The molecule has 1 rings (SSSR count). The number of hydrogen-bond donors (Lipinski definition) is 2. The first-order valence-corrected chi connectivity index (χ1v) is 6.85. The Morgan fingerprint density at radius 2 is 1.90 bits per heavy atom. The maximum atomic E-state index is 11.8. The Morgan fingerprint density at radius 3 is 2.45 bits per heavy atom. The van der Waals surface area contributed by atoms with Crippen molar-refractivity contribution in [3.63, 3.8) is 0 Å². The predicted octanol–water partition coefficient (Wildman–Crippen LogP) is 1.82. The van der Waals surface area contributed by atoms with Gasteiger partial charge >= 0.3 is 11.9 Å². The summed E-state index contributed by atoms with van der Waals surface area (Å²) in [6.07, 6.45) is -0.433. The highest BCUT2D eigenvalue weighted by Gasteiger charge is 2.29. The molecule has 0 bridgehead atoms. The van der Waals surface area contributed by atoms with E-state index in [1.807, 2.05) is 6.07 Å². The third-order valence-corrected chi connectivity index (χ3v) is 3.24. The Morgan fingerprint density at radius 1 is 1.25 bits per heavy atom. The zero-order chi connectivity index (χ0) is 15.0. The van der Waals surface area contributed by atoms with Gasteiger partial charge in [-0.1, -0.05) is 30.3 Å². The number of aliphatic hydroxyl groups excluding tert-OH is 1. The topological polar surface area (TPSA) is 101 Å². The van der Waals surface area contributed by atoms with E-state index in [-0.39, 0.29) is 19.4 Å². The Balaban J connectivity index is 2.58. The van der Waals surface area contributed by atoms with Gasteiger partial charge in [0.1, 0.15) is 12.5 Å². The minimum absolute atomic E-state index is 0.0196. The molecule has 0 amide bonds. The lowest BCUT2D eigenvalue weighted by molar-refractivity contribution is -0.152. The third-order valence-electron chi connectivity index (χ3n) is 2.66. The zero-order valence-corrected chi connectivity index (χ0v) is 11.5. The first-order valence-electron chi connectivity index (χ1n) is 5.97. The van der Waals surface area contributed by atoms with Crippen LogP contribution >= 0.6 is 8.46 Å². The number of ether oxygens (including phenoxy) is 1. The fourth-order valence-electron chi connectivity index (χ4n) is 1.58. The molecule has 1 unspecified atom stereocenters. The van der Waals surface area contributed by atoms with Gasteiger partial charge < -0.3 is 14.9 Å². The SMILES string of the molecule is O=P[C@H](O)C(CCC(=O)O)C(=O)OCc1ccccc1. The third kappa shape index (κ3) is 5.47. The molecule has 0 heterocycles. The highest BCUT2D eigenvalue weighted by atomic mass is 31.1. The first kappa shape index (κ1) is 16.3. The number of benzene rings is 1. The lowest BCUT2D eigenvalue weighted by atomic mass is 10.0. The van der Waals surface area contributed by atoms with E-state index in [2.05, 4.69) is 0 Å². The van der Waals surface area contributed by atoms with Crippen molar-refractivity contribution in [2.45, 2.75) is 25.3 Å². The molecule has 1 aromatic carbocycles. The van der Waals surface area contributed by atoms with E-state index in [0.29, 0.717) is 0 Å². The largest absolute Gasteiger partial charge is 0.481 e. The molecule has 0 spiro atoms. The van der Waals surface area contributed by atoms with Crippen molar-refractivity contribution in [2.75, 3.05) is 0 Å². The maximum absolute atomic E-state index is 11.8. The van der Waals surface area contributed by atoms with Gasteiger partial charge in [0.2, 0.25) is 0 Å². The highest BCUT2D eigenvalue weighted by Crippen LogP contribution is 2.22. The molecule has 1 aromatic rings. The molecule has 2 atom stereocenters. The van der Waals surface area contributed by atoms with Crippen LogP contribution in [0.15, 0.2) is 30.3 Å². The summed E-state index contributed by atoms with van der Waals surface area (Å²) in [5, 5.41) is 18.1. The Bertz CT molecular complexity index is 461. The van der Waals surface area contributed by atoms with Crippen LogP contribution < -0.4 is 0 Å². The van der Waals surface area contributed by atoms with E-state index in [0.717, 1.165) is 5.56 Å². The number of carboxylic acid groups (broad SMARTS) is 1. The van der Waals surface area contributed by atoms with E-state index in [4.69, 9.17) is 9.84 Å². The number of esters is 1. The van der Waals surface area contributed by atoms with E-state index < -0.39 is 32.2 Å². The molecular weight excluding hydrogens is 283 g/mol. The number of aliphatic carboxylic acids is 1. The molecule has 0 saturated carbocycles. The standard InChI is InChI=1S/C13H15O6P/c14-11(15)7-6-10(13(17)20-18)12(16)19-8-9-4-2-1-3-5-9/h1-5,10,13,17H,6-8H2,(H,14,15)/t10?,13-/m0/s1. The van der Waals surface area contributed by atoms with E-state index in [1.54, 1.807) is 24.3 Å². The van der Waals surface area contributed by atoms with Gasteiger partial charge in [-0.3, -0.25) is 14.2 Å². The summed E-state index contributed by atoms with van der Waals surface area (Å²) in [7, 11) is -0.631. The second kappa shape index (κ2) is 8.40. The molecule has 0 aliphatic rings.